The molecule has 1 rings (SSSR count). The fourth-order valence-corrected chi connectivity index (χ4v) is 1.47. The van der Waals surface area contributed by atoms with Gasteiger partial charge in [-0.25, -0.2) is 0 Å². The van der Waals surface area contributed by atoms with Crippen molar-refractivity contribution in [2.45, 2.75) is 32.0 Å². The average Bonchev–Trinajstić information content (AvgIpc) is 2.36. The predicted octanol–water partition coefficient (Wildman–Crippen LogP) is 3.13. The minimum absolute atomic E-state index is 0.0896. The van der Waals surface area contributed by atoms with Crippen molar-refractivity contribution in [3.8, 4) is 11.5 Å². The van der Waals surface area contributed by atoms with Gasteiger partial charge in [0.15, 0.2) is 17.6 Å². The van der Waals surface area contributed by atoms with Crippen molar-refractivity contribution in [3.05, 3.63) is 24.3 Å². The van der Waals surface area contributed by atoms with Crippen molar-refractivity contribution in [2.24, 2.45) is 5.73 Å². The Morgan fingerprint density at radius 2 is 1.84 bits per heavy atom. The lowest BCUT2D eigenvalue weighted by Gasteiger charge is -2.22. The van der Waals surface area contributed by atoms with Crippen LogP contribution in [0.5, 0.6) is 11.5 Å². The highest BCUT2D eigenvalue weighted by Gasteiger charge is 2.41. The predicted molar refractivity (Wildman–Crippen MR) is 66.4 cm³/mol. The molecule has 1 atom stereocenters. The first-order valence-electron chi connectivity index (χ1n) is 6.14. The Morgan fingerprint density at radius 3 is 2.37 bits per heavy atom. The van der Waals surface area contributed by atoms with Crippen molar-refractivity contribution < 1.29 is 22.6 Å². The van der Waals surface area contributed by atoms with Crippen molar-refractivity contribution in [1.82, 2.24) is 0 Å². The summed E-state index contributed by atoms with van der Waals surface area (Å²) in [5.41, 5.74) is 5.19. The maximum atomic E-state index is 12.8. The van der Waals surface area contributed by atoms with Gasteiger partial charge in [0.1, 0.15) is 0 Å². The summed E-state index contributed by atoms with van der Waals surface area (Å²) in [5.74, 6) is 0.405. The lowest BCUT2D eigenvalue weighted by Crippen LogP contribution is -2.36. The molecule has 1 unspecified atom stereocenters. The molecule has 108 valence electrons. The second-order valence-electron chi connectivity index (χ2n) is 4.02. The third-order valence-electron chi connectivity index (χ3n) is 2.37. The van der Waals surface area contributed by atoms with Crippen LogP contribution in [0.15, 0.2) is 24.3 Å². The van der Waals surface area contributed by atoms with E-state index in [1.165, 1.54) is 6.07 Å². The molecule has 2 N–H and O–H groups in total. The Labute approximate surface area is 110 Å². The van der Waals surface area contributed by atoms with Crippen molar-refractivity contribution >= 4 is 0 Å². The number of hydrogen-bond donors (Lipinski definition) is 1. The van der Waals surface area contributed by atoms with Crippen LogP contribution in [-0.2, 0) is 0 Å². The molecule has 1 aromatic carbocycles. The zero-order valence-electron chi connectivity index (χ0n) is 10.7. The number of ether oxygens (including phenoxy) is 2. The molecule has 0 aliphatic carbocycles. The molecule has 3 nitrogen and oxygen atoms in total. The molecule has 0 radical (unpaired) electrons. The quantitative estimate of drug-likeness (QED) is 0.832. The summed E-state index contributed by atoms with van der Waals surface area (Å²) in [7, 11) is 0. The highest BCUT2D eigenvalue weighted by atomic mass is 19.4. The standard InChI is InChI=1S/C13H18F3NO2/c1-2-9-18-10-5-3-4-6-11(10)19-12(7-8-17)13(14,15)16/h3-6,12H,2,7-9,17H2,1H3. The number of hydrogen-bond acceptors (Lipinski definition) is 3. The molecule has 0 spiro atoms. The van der Waals surface area contributed by atoms with E-state index in [1.807, 2.05) is 6.92 Å². The van der Waals surface area contributed by atoms with E-state index in [2.05, 4.69) is 0 Å². The van der Waals surface area contributed by atoms with Crippen LogP contribution >= 0.6 is 0 Å². The summed E-state index contributed by atoms with van der Waals surface area (Å²) in [6, 6.07) is 6.33. The van der Waals surface area contributed by atoms with Gasteiger partial charge >= 0.3 is 6.18 Å². The second kappa shape index (κ2) is 7.23. The fourth-order valence-electron chi connectivity index (χ4n) is 1.47. The van der Waals surface area contributed by atoms with E-state index in [4.69, 9.17) is 15.2 Å². The topological polar surface area (TPSA) is 44.5 Å². The molecule has 0 aromatic heterocycles. The lowest BCUT2D eigenvalue weighted by atomic mass is 10.2. The van der Waals surface area contributed by atoms with Crippen LogP contribution in [-0.4, -0.2) is 25.4 Å². The fraction of sp³-hybridized carbons (Fsp3) is 0.538. The van der Waals surface area contributed by atoms with E-state index >= 15 is 0 Å². The molecular formula is C13H18F3NO2. The summed E-state index contributed by atoms with van der Waals surface area (Å²) < 4.78 is 48.6. The van der Waals surface area contributed by atoms with Crippen LogP contribution in [0.2, 0.25) is 0 Å². The first-order chi connectivity index (χ1) is 8.99. The molecular weight excluding hydrogens is 259 g/mol. The zero-order chi connectivity index (χ0) is 14.3. The number of para-hydroxylation sites is 2. The minimum atomic E-state index is -4.45. The van der Waals surface area contributed by atoms with Gasteiger partial charge in [-0.2, -0.15) is 13.2 Å². The second-order valence-corrected chi connectivity index (χ2v) is 4.02. The normalized spacial score (nSPS) is 13.1. The van der Waals surface area contributed by atoms with Crippen LogP contribution in [0.3, 0.4) is 0 Å². The lowest BCUT2D eigenvalue weighted by molar-refractivity contribution is -0.196. The molecule has 0 saturated carbocycles. The van der Waals surface area contributed by atoms with Crippen molar-refractivity contribution in [1.29, 1.82) is 0 Å². The summed E-state index contributed by atoms with van der Waals surface area (Å²) >= 11 is 0. The molecule has 0 saturated heterocycles. The Bertz CT molecular complexity index is 382. The van der Waals surface area contributed by atoms with Crippen LogP contribution in [0.1, 0.15) is 19.8 Å². The van der Waals surface area contributed by atoms with E-state index in [0.29, 0.717) is 12.4 Å². The van der Waals surface area contributed by atoms with E-state index in [1.54, 1.807) is 18.2 Å². The van der Waals surface area contributed by atoms with Crippen LogP contribution in [0.4, 0.5) is 13.2 Å². The Hall–Kier alpha value is -1.43. The molecule has 0 amide bonds. The molecule has 6 heteroatoms. The minimum Gasteiger partial charge on any atom is -0.490 e. The Morgan fingerprint density at radius 1 is 1.21 bits per heavy atom. The molecule has 0 fully saturated rings. The highest BCUT2D eigenvalue weighted by molar-refractivity contribution is 5.39. The SMILES string of the molecule is CCCOc1ccccc1OC(CCN)C(F)(F)F. The van der Waals surface area contributed by atoms with Crippen LogP contribution < -0.4 is 15.2 Å². The summed E-state index contributed by atoms with van der Waals surface area (Å²) in [6.45, 7) is 2.24. The summed E-state index contributed by atoms with van der Waals surface area (Å²) in [5, 5.41) is 0. The Balaban J connectivity index is 2.83. The van der Waals surface area contributed by atoms with Gasteiger partial charge in [-0.3, -0.25) is 0 Å². The number of nitrogens with two attached hydrogens (primary N) is 1. The van der Waals surface area contributed by atoms with Crippen LogP contribution in [0.25, 0.3) is 0 Å². The van der Waals surface area contributed by atoms with Crippen molar-refractivity contribution in [3.63, 3.8) is 0 Å². The van der Waals surface area contributed by atoms with Gasteiger partial charge in [-0.15, -0.1) is 0 Å². The maximum Gasteiger partial charge on any atom is 0.425 e. The number of rotatable bonds is 7. The van der Waals surface area contributed by atoms with E-state index in [9.17, 15) is 13.2 Å². The van der Waals surface area contributed by atoms with E-state index in [0.717, 1.165) is 6.42 Å². The molecule has 1 aromatic rings. The smallest absolute Gasteiger partial charge is 0.425 e. The number of halogens is 3. The van der Waals surface area contributed by atoms with E-state index < -0.39 is 12.3 Å². The molecule has 19 heavy (non-hydrogen) atoms. The third-order valence-corrected chi connectivity index (χ3v) is 2.37. The summed E-state index contributed by atoms with van der Waals surface area (Å²) in [4.78, 5) is 0. The van der Waals surface area contributed by atoms with Crippen molar-refractivity contribution in [2.75, 3.05) is 13.2 Å². The third kappa shape index (κ3) is 4.98. The average molecular weight is 277 g/mol. The largest absolute Gasteiger partial charge is 0.490 e. The van der Waals surface area contributed by atoms with Gasteiger partial charge in [0.05, 0.1) is 6.61 Å². The van der Waals surface area contributed by atoms with Gasteiger partial charge in [-0.05, 0) is 25.1 Å². The maximum absolute atomic E-state index is 12.8. The first-order valence-corrected chi connectivity index (χ1v) is 6.14. The summed E-state index contributed by atoms with van der Waals surface area (Å²) in [6.07, 6.45) is -5.88. The molecule has 0 bridgehead atoms. The molecule has 0 heterocycles. The Kier molecular flexibility index (Phi) is 5.95. The monoisotopic (exact) mass is 277 g/mol. The number of alkyl halides is 3. The van der Waals surface area contributed by atoms with Gasteiger partial charge in [0, 0.05) is 6.42 Å². The van der Waals surface area contributed by atoms with Gasteiger partial charge in [0.2, 0.25) is 0 Å². The van der Waals surface area contributed by atoms with Gasteiger partial charge in [0.25, 0.3) is 0 Å². The number of benzene rings is 1. The molecule has 0 aliphatic rings. The van der Waals surface area contributed by atoms with Crippen LogP contribution in [0, 0.1) is 0 Å². The van der Waals surface area contributed by atoms with E-state index in [-0.39, 0.29) is 18.7 Å². The van der Waals surface area contributed by atoms with Gasteiger partial charge in [-0.1, -0.05) is 19.1 Å². The van der Waals surface area contributed by atoms with Gasteiger partial charge < -0.3 is 15.2 Å². The first kappa shape index (κ1) is 15.6. The highest BCUT2D eigenvalue weighted by Crippen LogP contribution is 2.32. The zero-order valence-corrected chi connectivity index (χ0v) is 10.7. The molecule has 0 aliphatic heterocycles.